The van der Waals surface area contributed by atoms with Gasteiger partial charge in [-0.1, -0.05) is 0 Å². The normalized spacial score (nSPS) is 9.95. The molecule has 0 fully saturated rings. The monoisotopic (exact) mass is 347 g/mol. The molecule has 0 aliphatic rings. The third-order valence-corrected chi connectivity index (χ3v) is 3.14. The Bertz CT molecular complexity index is 477. The molecule has 0 spiro atoms. The van der Waals surface area contributed by atoms with Crippen LogP contribution >= 0.6 is 23.2 Å². The van der Waals surface area contributed by atoms with Gasteiger partial charge in [0.1, 0.15) is 6.54 Å². The number of benzene rings is 1. The molecule has 0 aliphatic carbocycles. The molecule has 8 heteroatoms. The van der Waals surface area contributed by atoms with E-state index >= 15 is 0 Å². The molecule has 2 N–H and O–H groups in total. The fourth-order valence-corrected chi connectivity index (χ4v) is 2.17. The van der Waals surface area contributed by atoms with Crippen LogP contribution in [0.1, 0.15) is 0 Å². The van der Waals surface area contributed by atoms with Gasteiger partial charge in [-0.2, -0.15) is 0 Å². The first-order valence-electron chi connectivity index (χ1n) is 6.69. The number of halogens is 2. The molecule has 1 rings (SSSR count). The summed E-state index contributed by atoms with van der Waals surface area (Å²) >= 11 is 11.5. The van der Waals surface area contributed by atoms with Gasteiger partial charge in [0.15, 0.2) is 0 Å². The van der Waals surface area contributed by atoms with E-state index in [2.05, 4.69) is 20.3 Å². The van der Waals surface area contributed by atoms with Crippen LogP contribution in [-0.4, -0.2) is 50.5 Å². The quantitative estimate of drug-likeness (QED) is 0.707. The Morgan fingerprint density at radius 3 is 2.23 bits per heavy atom. The zero-order valence-corrected chi connectivity index (χ0v) is 13.8. The van der Waals surface area contributed by atoms with Crippen molar-refractivity contribution in [2.45, 2.75) is 0 Å². The zero-order valence-electron chi connectivity index (χ0n) is 12.3. The van der Waals surface area contributed by atoms with Crippen molar-refractivity contribution in [2.24, 2.45) is 0 Å². The van der Waals surface area contributed by atoms with Crippen LogP contribution in [0.5, 0.6) is 0 Å². The Morgan fingerprint density at radius 1 is 1.14 bits per heavy atom. The highest BCUT2D eigenvalue weighted by Crippen LogP contribution is 2.18. The van der Waals surface area contributed by atoms with Crippen LogP contribution in [0.3, 0.4) is 0 Å². The summed E-state index contributed by atoms with van der Waals surface area (Å²) in [5.74, 6) is 0.680. The molecule has 2 amide bonds. The summed E-state index contributed by atoms with van der Waals surface area (Å²) in [5.41, 5.74) is 1.61. The van der Waals surface area contributed by atoms with Gasteiger partial charge in [-0.25, -0.2) is 4.79 Å². The van der Waals surface area contributed by atoms with Crippen molar-refractivity contribution >= 4 is 46.6 Å². The average molecular weight is 348 g/mol. The number of carbonyl (C=O) groups is 2. The minimum atomic E-state index is -0.650. The first-order valence-corrected chi connectivity index (χ1v) is 7.76. The molecule has 0 atom stereocenters. The second-order valence-corrected chi connectivity index (χ2v) is 5.06. The molecular weight excluding hydrogens is 329 g/mol. The van der Waals surface area contributed by atoms with Crippen LogP contribution in [0.2, 0.25) is 0 Å². The minimum Gasteiger partial charge on any atom is -0.453 e. The Labute approximate surface area is 139 Å². The summed E-state index contributed by atoms with van der Waals surface area (Å²) in [6.45, 7) is 1.24. The molecule has 0 saturated carbocycles. The van der Waals surface area contributed by atoms with E-state index < -0.39 is 6.09 Å². The smallest absolute Gasteiger partial charge is 0.407 e. The Balaban J connectivity index is 2.56. The summed E-state index contributed by atoms with van der Waals surface area (Å²) in [5, 5.41) is 4.98. The van der Waals surface area contributed by atoms with E-state index in [1.165, 1.54) is 7.11 Å². The molecule has 22 heavy (non-hydrogen) atoms. The van der Waals surface area contributed by atoms with Crippen LogP contribution in [0.25, 0.3) is 0 Å². The van der Waals surface area contributed by atoms with E-state index in [9.17, 15) is 9.59 Å². The average Bonchev–Trinajstić information content (AvgIpc) is 2.53. The van der Waals surface area contributed by atoms with Gasteiger partial charge in [0.05, 0.1) is 7.11 Å². The van der Waals surface area contributed by atoms with Gasteiger partial charge < -0.3 is 20.3 Å². The highest BCUT2D eigenvalue weighted by atomic mass is 35.5. The molecular formula is C14H19Cl2N3O3. The molecule has 6 nitrogen and oxygen atoms in total. The van der Waals surface area contributed by atoms with Crippen molar-refractivity contribution in [2.75, 3.05) is 48.7 Å². The van der Waals surface area contributed by atoms with E-state index in [0.29, 0.717) is 30.5 Å². The van der Waals surface area contributed by atoms with Crippen molar-refractivity contribution in [3.8, 4) is 0 Å². The molecule has 0 unspecified atom stereocenters. The van der Waals surface area contributed by atoms with Crippen molar-refractivity contribution in [1.29, 1.82) is 0 Å². The molecule has 122 valence electrons. The van der Waals surface area contributed by atoms with E-state index in [-0.39, 0.29) is 12.5 Å². The number of anilines is 2. The number of rotatable bonds is 8. The van der Waals surface area contributed by atoms with Gasteiger partial charge in [-0.05, 0) is 24.3 Å². The highest BCUT2D eigenvalue weighted by molar-refractivity contribution is 6.18. The summed E-state index contributed by atoms with van der Waals surface area (Å²) in [4.78, 5) is 24.6. The second kappa shape index (κ2) is 10.1. The van der Waals surface area contributed by atoms with Crippen molar-refractivity contribution in [3.63, 3.8) is 0 Å². The van der Waals surface area contributed by atoms with Crippen LogP contribution in [0.4, 0.5) is 16.2 Å². The maximum absolute atomic E-state index is 11.6. The first-order chi connectivity index (χ1) is 10.6. The number of nitrogens with one attached hydrogen (secondary N) is 2. The van der Waals surface area contributed by atoms with Gasteiger partial charge in [-0.3, -0.25) is 4.79 Å². The first kappa shape index (κ1) is 18.4. The molecule has 0 aliphatic heterocycles. The predicted molar refractivity (Wildman–Crippen MR) is 89.1 cm³/mol. The lowest BCUT2D eigenvalue weighted by molar-refractivity contribution is -0.115. The topological polar surface area (TPSA) is 70.7 Å². The van der Waals surface area contributed by atoms with Crippen LogP contribution in [-0.2, 0) is 9.53 Å². The Hall–Kier alpha value is -1.66. The molecule has 0 bridgehead atoms. The maximum Gasteiger partial charge on any atom is 0.407 e. The lowest BCUT2D eigenvalue weighted by atomic mass is 10.2. The van der Waals surface area contributed by atoms with E-state index in [4.69, 9.17) is 23.2 Å². The molecule has 0 aromatic heterocycles. The molecule has 1 aromatic rings. The van der Waals surface area contributed by atoms with Gasteiger partial charge >= 0.3 is 6.09 Å². The van der Waals surface area contributed by atoms with E-state index in [1.54, 1.807) is 12.1 Å². The number of methoxy groups -OCH3 is 1. The third kappa shape index (κ3) is 6.41. The van der Waals surface area contributed by atoms with Crippen molar-refractivity contribution < 1.29 is 14.3 Å². The summed E-state index contributed by atoms with van der Waals surface area (Å²) in [6, 6.07) is 7.31. The fraction of sp³-hybridized carbons (Fsp3) is 0.429. The third-order valence-electron chi connectivity index (χ3n) is 2.80. The summed E-state index contributed by atoms with van der Waals surface area (Å²) in [7, 11) is 1.24. The fourth-order valence-electron chi connectivity index (χ4n) is 1.76. The highest BCUT2D eigenvalue weighted by Gasteiger charge is 2.07. The maximum atomic E-state index is 11.6. The van der Waals surface area contributed by atoms with Crippen LogP contribution < -0.4 is 15.5 Å². The molecule has 0 radical (unpaired) electrons. The van der Waals surface area contributed by atoms with Gasteiger partial charge in [0.2, 0.25) is 5.91 Å². The number of hydrogen-bond acceptors (Lipinski definition) is 4. The van der Waals surface area contributed by atoms with Crippen LogP contribution in [0, 0.1) is 0 Å². The Morgan fingerprint density at radius 2 is 1.73 bits per heavy atom. The second-order valence-electron chi connectivity index (χ2n) is 4.31. The zero-order chi connectivity index (χ0) is 16.4. The van der Waals surface area contributed by atoms with Crippen LogP contribution in [0.15, 0.2) is 24.3 Å². The number of nitrogens with zero attached hydrogens (tertiary/aromatic N) is 1. The lowest BCUT2D eigenvalue weighted by Gasteiger charge is -2.23. The number of carbonyl (C=O) groups excluding carboxylic acids is 2. The largest absolute Gasteiger partial charge is 0.453 e. The summed E-state index contributed by atoms with van der Waals surface area (Å²) < 4.78 is 4.38. The van der Waals surface area contributed by atoms with Gasteiger partial charge in [0.25, 0.3) is 0 Å². The Kier molecular flexibility index (Phi) is 8.47. The molecule has 0 saturated heterocycles. The van der Waals surface area contributed by atoms with Gasteiger partial charge in [-0.15, -0.1) is 23.2 Å². The minimum absolute atomic E-state index is 0.154. The number of ether oxygens (including phenoxy) is 1. The molecule has 1 aromatic carbocycles. The van der Waals surface area contributed by atoms with Crippen molar-refractivity contribution in [1.82, 2.24) is 5.32 Å². The van der Waals surface area contributed by atoms with Crippen molar-refractivity contribution in [3.05, 3.63) is 24.3 Å². The number of alkyl carbamates (subject to hydrolysis) is 1. The number of hydrogen-bond donors (Lipinski definition) is 2. The standard InChI is InChI=1S/C14H19Cl2N3O3/c1-22-14(21)17-10-13(20)18-11-2-4-12(5-3-11)19(8-6-15)9-7-16/h2-5H,6-10H2,1H3,(H,17,21)(H,18,20). The lowest BCUT2D eigenvalue weighted by Crippen LogP contribution is -2.32. The number of amides is 2. The van der Waals surface area contributed by atoms with E-state index in [0.717, 1.165) is 5.69 Å². The number of alkyl halides is 2. The SMILES string of the molecule is COC(=O)NCC(=O)Nc1ccc(N(CCCl)CCCl)cc1. The summed E-state index contributed by atoms with van der Waals surface area (Å²) in [6.07, 6.45) is -0.650. The predicted octanol–water partition coefficient (Wildman–Crippen LogP) is 2.27. The molecule has 0 heterocycles. The van der Waals surface area contributed by atoms with Gasteiger partial charge in [0, 0.05) is 36.2 Å². The van der Waals surface area contributed by atoms with E-state index in [1.807, 2.05) is 12.1 Å².